The monoisotopic (exact) mass is 255 g/mol. The fourth-order valence-electron chi connectivity index (χ4n) is 3.33. The van der Waals surface area contributed by atoms with E-state index >= 15 is 0 Å². The lowest BCUT2D eigenvalue weighted by atomic mass is 9.92. The normalized spacial score (nSPS) is 30.3. The molecule has 0 amide bonds. The molecular formula is C14H29N3O. The Kier molecular flexibility index (Phi) is 4.64. The third kappa shape index (κ3) is 3.05. The standard InChI is InChI=1S/C14H29N3O/c1-4-15-14(11-18,13-5-6-13)10-17-8-7-16(3)9-12(17)2/h12-13,15,18H,4-11H2,1-3H3. The summed E-state index contributed by atoms with van der Waals surface area (Å²) in [5.41, 5.74) is -0.0566. The van der Waals surface area contributed by atoms with Gasteiger partial charge in [0.2, 0.25) is 0 Å². The molecule has 1 saturated carbocycles. The first-order valence-electron chi connectivity index (χ1n) is 7.40. The van der Waals surface area contributed by atoms with Crippen molar-refractivity contribution in [2.75, 3.05) is 46.4 Å². The zero-order valence-corrected chi connectivity index (χ0v) is 12.2. The van der Waals surface area contributed by atoms with E-state index in [0.717, 1.165) is 32.7 Å². The second-order valence-corrected chi connectivity index (χ2v) is 6.20. The van der Waals surface area contributed by atoms with Gasteiger partial charge >= 0.3 is 0 Å². The van der Waals surface area contributed by atoms with Gasteiger partial charge in [-0.3, -0.25) is 4.90 Å². The molecule has 1 aliphatic heterocycles. The molecule has 1 heterocycles. The van der Waals surface area contributed by atoms with Gasteiger partial charge in [-0.2, -0.15) is 0 Å². The van der Waals surface area contributed by atoms with Gasteiger partial charge in [0.1, 0.15) is 0 Å². The van der Waals surface area contributed by atoms with Gasteiger partial charge in [-0.05, 0) is 39.3 Å². The number of nitrogens with zero attached hydrogens (tertiary/aromatic N) is 2. The molecule has 0 bridgehead atoms. The molecule has 106 valence electrons. The van der Waals surface area contributed by atoms with Gasteiger partial charge < -0.3 is 15.3 Å². The molecule has 1 saturated heterocycles. The maximum absolute atomic E-state index is 9.89. The summed E-state index contributed by atoms with van der Waals surface area (Å²) < 4.78 is 0. The van der Waals surface area contributed by atoms with E-state index < -0.39 is 0 Å². The summed E-state index contributed by atoms with van der Waals surface area (Å²) in [7, 11) is 2.19. The van der Waals surface area contributed by atoms with Crippen LogP contribution in [0.3, 0.4) is 0 Å². The van der Waals surface area contributed by atoms with Crippen molar-refractivity contribution in [3.8, 4) is 0 Å². The van der Waals surface area contributed by atoms with Crippen LogP contribution in [0.5, 0.6) is 0 Å². The minimum Gasteiger partial charge on any atom is -0.394 e. The number of hydrogen-bond acceptors (Lipinski definition) is 4. The highest BCUT2D eigenvalue weighted by Crippen LogP contribution is 2.40. The third-order valence-electron chi connectivity index (χ3n) is 4.62. The maximum atomic E-state index is 9.89. The average molecular weight is 255 g/mol. The topological polar surface area (TPSA) is 38.7 Å². The maximum Gasteiger partial charge on any atom is 0.0628 e. The van der Waals surface area contributed by atoms with Crippen LogP contribution in [-0.2, 0) is 0 Å². The van der Waals surface area contributed by atoms with Gasteiger partial charge in [0.15, 0.2) is 0 Å². The molecule has 0 aromatic heterocycles. The molecule has 0 spiro atoms. The first-order chi connectivity index (χ1) is 8.61. The van der Waals surface area contributed by atoms with Crippen LogP contribution < -0.4 is 5.32 Å². The molecule has 2 N–H and O–H groups in total. The van der Waals surface area contributed by atoms with Crippen LogP contribution in [-0.4, -0.2) is 72.9 Å². The smallest absolute Gasteiger partial charge is 0.0628 e. The lowest BCUT2D eigenvalue weighted by molar-refractivity contribution is 0.0384. The zero-order valence-electron chi connectivity index (χ0n) is 12.2. The Balaban J connectivity index is 1.99. The molecule has 2 aliphatic rings. The largest absolute Gasteiger partial charge is 0.394 e. The Morgan fingerprint density at radius 2 is 2.06 bits per heavy atom. The van der Waals surface area contributed by atoms with Crippen molar-refractivity contribution >= 4 is 0 Å². The van der Waals surface area contributed by atoms with Crippen LogP contribution in [0.15, 0.2) is 0 Å². The SMILES string of the molecule is CCNC(CO)(CN1CCN(C)CC1C)C1CC1. The van der Waals surface area contributed by atoms with Crippen LogP contribution in [0.1, 0.15) is 26.7 Å². The van der Waals surface area contributed by atoms with E-state index in [9.17, 15) is 5.11 Å². The summed E-state index contributed by atoms with van der Waals surface area (Å²) in [6.07, 6.45) is 2.55. The minimum absolute atomic E-state index is 0.0566. The van der Waals surface area contributed by atoms with Gasteiger partial charge in [-0.15, -0.1) is 0 Å². The van der Waals surface area contributed by atoms with Crippen molar-refractivity contribution in [2.45, 2.75) is 38.3 Å². The van der Waals surface area contributed by atoms with Crippen molar-refractivity contribution < 1.29 is 5.11 Å². The molecular weight excluding hydrogens is 226 g/mol. The van der Waals surface area contributed by atoms with E-state index in [1.54, 1.807) is 0 Å². The summed E-state index contributed by atoms with van der Waals surface area (Å²) in [5.74, 6) is 0.675. The minimum atomic E-state index is -0.0566. The number of aliphatic hydroxyl groups is 1. The average Bonchev–Trinajstić information content (AvgIpc) is 3.16. The van der Waals surface area contributed by atoms with Gasteiger partial charge in [-0.1, -0.05) is 6.92 Å². The quantitative estimate of drug-likeness (QED) is 0.719. The first-order valence-corrected chi connectivity index (χ1v) is 7.40. The van der Waals surface area contributed by atoms with E-state index in [0.29, 0.717) is 12.0 Å². The predicted molar refractivity (Wildman–Crippen MR) is 74.7 cm³/mol. The Bertz CT molecular complexity index is 270. The van der Waals surface area contributed by atoms with Crippen molar-refractivity contribution in [1.29, 1.82) is 0 Å². The Morgan fingerprint density at radius 1 is 1.33 bits per heavy atom. The second kappa shape index (κ2) is 5.87. The molecule has 2 atom stereocenters. The highest BCUT2D eigenvalue weighted by Gasteiger charge is 2.46. The van der Waals surface area contributed by atoms with Crippen LogP contribution >= 0.6 is 0 Å². The fourth-order valence-corrected chi connectivity index (χ4v) is 3.33. The Hall–Kier alpha value is -0.160. The summed E-state index contributed by atoms with van der Waals surface area (Å²) in [5, 5.41) is 13.5. The van der Waals surface area contributed by atoms with Crippen molar-refractivity contribution in [3.05, 3.63) is 0 Å². The van der Waals surface area contributed by atoms with Gasteiger partial charge in [-0.25, -0.2) is 0 Å². The molecule has 4 heteroatoms. The third-order valence-corrected chi connectivity index (χ3v) is 4.62. The molecule has 2 rings (SSSR count). The van der Waals surface area contributed by atoms with Crippen molar-refractivity contribution in [3.63, 3.8) is 0 Å². The Morgan fingerprint density at radius 3 is 2.56 bits per heavy atom. The van der Waals surface area contributed by atoms with Crippen LogP contribution in [0.2, 0.25) is 0 Å². The summed E-state index contributed by atoms with van der Waals surface area (Å²) in [6.45, 7) is 10.1. The van der Waals surface area contributed by atoms with Crippen LogP contribution in [0.4, 0.5) is 0 Å². The molecule has 18 heavy (non-hydrogen) atoms. The lowest BCUT2D eigenvalue weighted by Gasteiger charge is -2.44. The molecule has 0 aromatic carbocycles. The van der Waals surface area contributed by atoms with E-state index in [4.69, 9.17) is 0 Å². The number of hydrogen-bond donors (Lipinski definition) is 2. The molecule has 2 unspecified atom stereocenters. The fraction of sp³-hybridized carbons (Fsp3) is 1.00. The first kappa shape index (κ1) is 14.3. The molecule has 0 radical (unpaired) electrons. The molecule has 2 fully saturated rings. The van der Waals surface area contributed by atoms with Gasteiger partial charge in [0.25, 0.3) is 0 Å². The Labute approximate surface area is 111 Å². The predicted octanol–water partition coefficient (Wildman–Crippen LogP) is 0.373. The van der Waals surface area contributed by atoms with Crippen molar-refractivity contribution in [2.24, 2.45) is 5.92 Å². The number of rotatable bonds is 6. The highest BCUT2D eigenvalue weighted by atomic mass is 16.3. The van der Waals surface area contributed by atoms with E-state index in [1.165, 1.54) is 12.8 Å². The van der Waals surface area contributed by atoms with E-state index in [-0.39, 0.29) is 12.1 Å². The number of likely N-dealkylation sites (N-methyl/N-ethyl adjacent to an activating group) is 2. The molecule has 1 aliphatic carbocycles. The summed E-state index contributed by atoms with van der Waals surface area (Å²) in [6, 6.07) is 0.590. The highest BCUT2D eigenvalue weighted by molar-refractivity contribution is 5.03. The zero-order chi connectivity index (χ0) is 13.2. The summed E-state index contributed by atoms with van der Waals surface area (Å²) in [4.78, 5) is 4.95. The van der Waals surface area contributed by atoms with Crippen molar-refractivity contribution in [1.82, 2.24) is 15.1 Å². The summed E-state index contributed by atoms with van der Waals surface area (Å²) >= 11 is 0. The van der Waals surface area contributed by atoms with E-state index in [1.807, 2.05) is 0 Å². The van der Waals surface area contributed by atoms with Crippen LogP contribution in [0, 0.1) is 5.92 Å². The van der Waals surface area contributed by atoms with Gasteiger partial charge in [0.05, 0.1) is 12.1 Å². The van der Waals surface area contributed by atoms with Crippen LogP contribution in [0.25, 0.3) is 0 Å². The number of piperazine rings is 1. The number of nitrogens with one attached hydrogen (secondary N) is 1. The number of aliphatic hydroxyl groups excluding tert-OH is 1. The molecule has 4 nitrogen and oxygen atoms in total. The van der Waals surface area contributed by atoms with Gasteiger partial charge in [0, 0.05) is 32.2 Å². The molecule has 0 aromatic rings. The van der Waals surface area contributed by atoms with E-state index in [2.05, 4.69) is 36.0 Å². The second-order valence-electron chi connectivity index (χ2n) is 6.20. The lowest BCUT2D eigenvalue weighted by Crippen LogP contribution is -2.62.